The topological polar surface area (TPSA) is 35.5 Å². The zero-order chi connectivity index (χ0) is 14.7. The van der Waals surface area contributed by atoms with Gasteiger partial charge in [-0.2, -0.15) is 0 Å². The number of hydrogen-bond acceptors (Lipinski definition) is 3. The highest BCUT2D eigenvalue weighted by Gasteiger charge is 2.21. The minimum absolute atomic E-state index is 0.168. The summed E-state index contributed by atoms with van der Waals surface area (Å²) >= 11 is 9.54. The first-order valence-electron chi connectivity index (χ1n) is 5.79. The molecule has 2 aromatic carbocycles. The number of carbonyl (C=O) groups excluding carboxylic acids is 1. The van der Waals surface area contributed by atoms with Crippen molar-refractivity contribution in [2.24, 2.45) is 0 Å². The summed E-state index contributed by atoms with van der Waals surface area (Å²) in [6.45, 7) is 0. The summed E-state index contributed by atoms with van der Waals surface area (Å²) in [6, 6.07) is 10.5. The Morgan fingerprint density at radius 2 is 1.75 bits per heavy atom. The molecule has 0 N–H and O–H groups in total. The van der Waals surface area contributed by atoms with E-state index < -0.39 is 0 Å². The number of methoxy groups -OCH3 is 2. The van der Waals surface area contributed by atoms with Crippen LogP contribution >= 0.6 is 27.5 Å². The second-order valence-corrected chi connectivity index (χ2v) is 5.20. The number of benzene rings is 2. The molecule has 0 atom stereocenters. The van der Waals surface area contributed by atoms with Crippen LogP contribution in [0, 0.1) is 0 Å². The van der Waals surface area contributed by atoms with E-state index in [0.29, 0.717) is 22.6 Å². The smallest absolute Gasteiger partial charge is 0.197 e. The zero-order valence-corrected chi connectivity index (χ0v) is 13.3. The number of carbonyl (C=O) groups is 1. The van der Waals surface area contributed by atoms with Gasteiger partial charge >= 0.3 is 0 Å². The van der Waals surface area contributed by atoms with Gasteiger partial charge in [0.05, 0.1) is 19.8 Å². The van der Waals surface area contributed by atoms with Crippen molar-refractivity contribution in [3.63, 3.8) is 0 Å². The lowest BCUT2D eigenvalue weighted by atomic mass is 10.0. The van der Waals surface area contributed by atoms with E-state index in [2.05, 4.69) is 15.9 Å². The fraction of sp³-hybridized carbons (Fsp3) is 0.133. The molecule has 0 heterocycles. The second-order valence-electron chi connectivity index (χ2n) is 3.97. The van der Waals surface area contributed by atoms with Crippen LogP contribution in [0.3, 0.4) is 0 Å². The van der Waals surface area contributed by atoms with Gasteiger partial charge in [0.1, 0.15) is 10.8 Å². The van der Waals surface area contributed by atoms with Crippen molar-refractivity contribution in [2.45, 2.75) is 0 Å². The highest BCUT2D eigenvalue weighted by molar-refractivity contribution is 9.10. The lowest BCUT2D eigenvalue weighted by Gasteiger charge is -2.13. The summed E-state index contributed by atoms with van der Waals surface area (Å²) in [4.78, 5) is 12.6. The number of hydrogen-bond donors (Lipinski definition) is 0. The van der Waals surface area contributed by atoms with Crippen molar-refractivity contribution < 1.29 is 14.3 Å². The summed E-state index contributed by atoms with van der Waals surface area (Å²) in [6.07, 6.45) is 0. The minimum Gasteiger partial charge on any atom is -0.495 e. The normalized spacial score (nSPS) is 10.2. The van der Waals surface area contributed by atoms with E-state index in [1.165, 1.54) is 14.2 Å². The van der Waals surface area contributed by atoms with Crippen LogP contribution in [0.5, 0.6) is 11.5 Å². The summed E-state index contributed by atoms with van der Waals surface area (Å²) in [5.41, 5.74) is 0.942. The molecule has 2 aromatic rings. The van der Waals surface area contributed by atoms with Gasteiger partial charge in [-0.05, 0) is 24.3 Å². The van der Waals surface area contributed by atoms with Crippen molar-refractivity contribution in [3.8, 4) is 11.5 Å². The van der Waals surface area contributed by atoms with Crippen molar-refractivity contribution >= 4 is 33.3 Å². The van der Waals surface area contributed by atoms with E-state index >= 15 is 0 Å². The van der Waals surface area contributed by atoms with Gasteiger partial charge in [-0.15, -0.1) is 0 Å². The summed E-state index contributed by atoms with van der Waals surface area (Å²) in [5.74, 6) is 0.609. The van der Waals surface area contributed by atoms with Gasteiger partial charge in [0.2, 0.25) is 0 Å². The number of ketones is 1. The molecule has 0 saturated carbocycles. The van der Waals surface area contributed by atoms with Crippen LogP contribution in [-0.4, -0.2) is 20.0 Å². The molecule has 2 rings (SSSR count). The van der Waals surface area contributed by atoms with Gasteiger partial charge in [-0.25, -0.2) is 0 Å². The number of rotatable bonds is 4. The van der Waals surface area contributed by atoms with Gasteiger partial charge in [0.25, 0.3) is 0 Å². The first-order valence-corrected chi connectivity index (χ1v) is 6.97. The fourth-order valence-corrected chi connectivity index (χ4v) is 2.65. The van der Waals surface area contributed by atoms with E-state index in [-0.39, 0.29) is 10.8 Å². The molecule has 5 heteroatoms. The molecular formula is C15H12BrClO3. The Bertz CT molecular complexity index is 656. The van der Waals surface area contributed by atoms with Crippen molar-refractivity contribution in [1.29, 1.82) is 0 Å². The Kier molecular flexibility index (Phi) is 4.68. The van der Waals surface area contributed by atoms with Crippen LogP contribution in [0.4, 0.5) is 0 Å². The molecule has 0 radical (unpaired) electrons. The highest BCUT2D eigenvalue weighted by Crippen LogP contribution is 2.38. The third-order valence-electron chi connectivity index (χ3n) is 2.85. The van der Waals surface area contributed by atoms with Gasteiger partial charge in [0, 0.05) is 10.0 Å². The van der Waals surface area contributed by atoms with Crippen LogP contribution < -0.4 is 9.47 Å². The molecule has 0 saturated heterocycles. The van der Waals surface area contributed by atoms with Crippen molar-refractivity contribution in [2.75, 3.05) is 14.2 Å². The molecule has 0 amide bonds. The molecule has 0 bridgehead atoms. The lowest BCUT2D eigenvalue weighted by Crippen LogP contribution is -2.05. The maximum atomic E-state index is 12.6. The van der Waals surface area contributed by atoms with Gasteiger partial charge < -0.3 is 9.47 Å². The molecule has 0 aliphatic heterocycles. The standard InChI is InChI=1S/C15H12BrClO3/c1-19-12-8-7-10(15(20-2)13(12)17)14(18)9-5-3-4-6-11(9)16/h3-8H,1-2H3. The SMILES string of the molecule is COc1ccc(C(=O)c2ccccc2Br)c(OC)c1Cl. The zero-order valence-electron chi connectivity index (χ0n) is 10.9. The first kappa shape index (κ1) is 14.9. The van der Waals surface area contributed by atoms with Crippen LogP contribution in [0.1, 0.15) is 15.9 Å². The second kappa shape index (κ2) is 6.29. The number of ether oxygens (including phenoxy) is 2. The van der Waals surface area contributed by atoms with Crippen molar-refractivity contribution in [3.05, 3.63) is 57.0 Å². The fourth-order valence-electron chi connectivity index (χ4n) is 1.86. The molecule has 0 unspecified atom stereocenters. The van der Waals surface area contributed by atoms with Crippen LogP contribution in [0.2, 0.25) is 5.02 Å². The molecule has 104 valence electrons. The maximum absolute atomic E-state index is 12.6. The predicted molar refractivity (Wildman–Crippen MR) is 82.1 cm³/mol. The largest absolute Gasteiger partial charge is 0.495 e. The van der Waals surface area contributed by atoms with E-state index in [1.54, 1.807) is 24.3 Å². The molecular weight excluding hydrogens is 344 g/mol. The van der Waals surface area contributed by atoms with Crippen LogP contribution in [-0.2, 0) is 0 Å². The molecule has 3 nitrogen and oxygen atoms in total. The van der Waals surface area contributed by atoms with Gasteiger partial charge in [-0.1, -0.05) is 39.7 Å². The predicted octanol–water partition coefficient (Wildman–Crippen LogP) is 4.35. The third kappa shape index (κ3) is 2.67. The molecule has 0 fully saturated rings. The first-order chi connectivity index (χ1) is 9.60. The van der Waals surface area contributed by atoms with Crippen LogP contribution in [0.25, 0.3) is 0 Å². The summed E-state index contributed by atoms with van der Waals surface area (Å²) in [7, 11) is 2.98. The Morgan fingerprint density at radius 3 is 2.35 bits per heavy atom. The van der Waals surface area contributed by atoms with Crippen LogP contribution in [0.15, 0.2) is 40.9 Å². The van der Waals surface area contributed by atoms with E-state index in [1.807, 2.05) is 12.1 Å². The number of halogens is 2. The quantitative estimate of drug-likeness (QED) is 0.765. The third-order valence-corrected chi connectivity index (χ3v) is 3.90. The molecule has 20 heavy (non-hydrogen) atoms. The Labute approximate surface area is 130 Å². The Hall–Kier alpha value is -1.52. The molecule has 0 aliphatic rings. The Balaban J connectivity index is 2.56. The summed E-state index contributed by atoms with van der Waals surface area (Å²) in [5, 5.41) is 0.285. The molecule has 0 aromatic heterocycles. The maximum Gasteiger partial charge on any atom is 0.197 e. The highest BCUT2D eigenvalue weighted by atomic mass is 79.9. The monoisotopic (exact) mass is 354 g/mol. The molecule has 0 aliphatic carbocycles. The van der Waals surface area contributed by atoms with Crippen molar-refractivity contribution in [1.82, 2.24) is 0 Å². The van der Waals surface area contributed by atoms with Gasteiger partial charge in [0.15, 0.2) is 11.5 Å². The van der Waals surface area contributed by atoms with Gasteiger partial charge in [-0.3, -0.25) is 4.79 Å². The van der Waals surface area contributed by atoms with E-state index in [0.717, 1.165) is 4.47 Å². The van der Waals surface area contributed by atoms with E-state index in [9.17, 15) is 4.79 Å². The summed E-state index contributed by atoms with van der Waals surface area (Å²) < 4.78 is 11.1. The molecule has 0 spiro atoms. The Morgan fingerprint density at radius 1 is 1.05 bits per heavy atom. The van der Waals surface area contributed by atoms with E-state index in [4.69, 9.17) is 21.1 Å². The lowest BCUT2D eigenvalue weighted by molar-refractivity contribution is 0.103. The minimum atomic E-state index is -0.168. The average Bonchev–Trinajstić information content (AvgIpc) is 2.46. The average molecular weight is 356 g/mol.